The van der Waals surface area contributed by atoms with Crippen LogP contribution in [-0.4, -0.2) is 64.5 Å². The molecule has 0 aliphatic rings. The van der Waals surface area contributed by atoms with E-state index in [1.54, 1.807) is 27.7 Å². The summed E-state index contributed by atoms with van der Waals surface area (Å²) in [7, 11) is -3.15. The lowest BCUT2D eigenvalue weighted by Gasteiger charge is -2.19. The minimum absolute atomic E-state index is 0. The Balaban J connectivity index is 0. The summed E-state index contributed by atoms with van der Waals surface area (Å²) in [6.45, 7) is 11.4. The number of alkyl carbamates (subject to hydrolysis) is 1. The molecular weight excluding hydrogens is 473 g/mol. The smallest absolute Gasteiger partial charge is 0.407 e. The number of aliphatic imine (C=N–C) groups is 1. The van der Waals surface area contributed by atoms with E-state index >= 15 is 0 Å². The minimum atomic E-state index is -3.15. The van der Waals surface area contributed by atoms with E-state index in [0.717, 1.165) is 0 Å². The number of hydrogen-bond donors (Lipinski definition) is 4. The van der Waals surface area contributed by atoms with Gasteiger partial charge in [0.2, 0.25) is 10.0 Å². The third-order valence-corrected chi connectivity index (χ3v) is 4.14. The maximum absolute atomic E-state index is 11.5. The fraction of sp³-hybridized carbons (Fsp3) is 0.867. The Morgan fingerprint density at radius 1 is 1.04 bits per heavy atom. The van der Waals surface area contributed by atoms with E-state index in [4.69, 9.17) is 4.74 Å². The number of ether oxygens (including phenoxy) is 1. The van der Waals surface area contributed by atoms with Crippen molar-refractivity contribution in [3.05, 3.63) is 0 Å². The maximum Gasteiger partial charge on any atom is 0.407 e. The van der Waals surface area contributed by atoms with Gasteiger partial charge in [-0.25, -0.2) is 17.9 Å². The number of hydrogen-bond acceptors (Lipinski definition) is 5. The lowest BCUT2D eigenvalue weighted by Crippen LogP contribution is -2.42. The van der Waals surface area contributed by atoms with E-state index in [1.165, 1.54) is 0 Å². The van der Waals surface area contributed by atoms with Crippen molar-refractivity contribution in [3.63, 3.8) is 0 Å². The molecule has 0 aliphatic heterocycles. The summed E-state index contributed by atoms with van der Waals surface area (Å²) in [6.07, 6.45) is 0.144. The van der Waals surface area contributed by atoms with Crippen LogP contribution in [0.1, 0.15) is 41.0 Å². The molecule has 0 saturated heterocycles. The zero-order valence-electron chi connectivity index (χ0n) is 16.3. The second-order valence-corrected chi connectivity index (χ2v) is 8.36. The van der Waals surface area contributed by atoms with Gasteiger partial charge in [-0.05, 0) is 41.0 Å². The van der Waals surface area contributed by atoms with E-state index in [-0.39, 0.29) is 29.7 Å². The van der Waals surface area contributed by atoms with Crippen LogP contribution in [0.15, 0.2) is 4.99 Å². The van der Waals surface area contributed by atoms with Gasteiger partial charge in [0.1, 0.15) is 5.60 Å². The van der Waals surface area contributed by atoms with Gasteiger partial charge in [0.15, 0.2) is 5.96 Å². The predicted octanol–water partition coefficient (Wildman–Crippen LogP) is 1.01. The van der Waals surface area contributed by atoms with Gasteiger partial charge >= 0.3 is 6.09 Å². The number of amides is 1. The van der Waals surface area contributed by atoms with Crippen molar-refractivity contribution in [1.29, 1.82) is 0 Å². The van der Waals surface area contributed by atoms with E-state index in [1.807, 2.05) is 6.92 Å². The lowest BCUT2D eigenvalue weighted by atomic mass is 10.2. The Morgan fingerprint density at radius 3 is 2.19 bits per heavy atom. The third-order valence-electron chi connectivity index (χ3n) is 2.74. The van der Waals surface area contributed by atoms with Gasteiger partial charge < -0.3 is 20.7 Å². The summed E-state index contributed by atoms with van der Waals surface area (Å²) >= 11 is 0. The van der Waals surface area contributed by atoms with Crippen molar-refractivity contribution in [2.45, 2.75) is 46.6 Å². The summed E-state index contributed by atoms with van der Waals surface area (Å²) < 4.78 is 30.2. The molecule has 0 aromatic heterocycles. The molecule has 0 fully saturated rings. The van der Waals surface area contributed by atoms with Gasteiger partial charge in [0.05, 0.1) is 5.75 Å². The number of rotatable bonds is 10. The lowest BCUT2D eigenvalue weighted by molar-refractivity contribution is 0.0529. The van der Waals surface area contributed by atoms with Crippen LogP contribution >= 0.6 is 24.0 Å². The Morgan fingerprint density at radius 2 is 1.65 bits per heavy atom. The molecule has 0 aromatic carbocycles. The second-order valence-electron chi connectivity index (χ2n) is 6.27. The van der Waals surface area contributed by atoms with Crippen molar-refractivity contribution in [1.82, 2.24) is 20.7 Å². The molecule has 4 N–H and O–H groups in total. The first kappa shape index (κ1) is 27.4. The molecule has 26 heavy (non-hydrogen) atoms. The molecule has 1 amide bonds. The van der Waals surface area contributed by atoms with Crippen LogP contribution in [0.3, 0.4) is 0 Å². The summed E-state index contributed by atoms with van der Waals surface area (Å²) in [4.78, 5) is 15.9. The van der Waals surface area contributed by atoms with Gasteiger partial charge in [-0.1, -0.05) is 0 Å². The molecule has 0 heterocycles. The Kier molecular flexibility index (Phi) is 15.0. The van der Waals surface area contributed by atoms with E-state index < -0.39 is 21.7 Å². The molecule has 0 saturated carbocycles. The largest absolute Gasteiger partial charge is 0.444 e. The number of halogens is 1. The molecule has 0 unspecified atom stereocenters. The normalized spacial score (nSPS) is 12.1. The monoisotopic (exact) mass is 507 g/mol. The number of nitrogens with one attached hydrogen (secondary N) is 4. The summed E-state index contributed by atoms with van der Waals surface area (Å²) in [5.41, 5.74) is -0.521. The highest BCUT2D eigenvalue weighted by atomic mass is 127. The van der Waals surface area contributed by atoms with Gasteiger partial charge in [-0.15, -0.1) is 24.0 Å². The molecule has 0 rings (SSSR count). The minimum Gasteiger partial charge on any atom is -0.444 e. The number of guanidine groups is 1. The van der Waals surface area contributed by atoms with Crippen LogP contribution in [-0.2, 0) is 14.8 Å². The molecule has 0 aromatic rings. The predicted molar refractivity (Wildman–Crippen MR) is 116 cm³/mol. The molecular formula is C15H34IN5O4S. The standard InChI is InChI=1S/C15H33N5O4S.HI/c1-6-16-13(17-9-8-10-20-25(22,23)7-2)18-11-12-19-14(21)24-15(3,4)5;/h20H,6-12H2,1-5H3,(H,19,21)(H2,16,17,18);1H. The zero-order valence-corrected chi connectivity index (χ0v) is 19.5. The van der Waals surface area contributed by atoms with Crippen LogP contribution in [0.5, 0.6) is 0 Å². The molecule has 0 bridgehead atoms. The van der Waals surface area contributed by atoms with Crippen LogP contribution in [0.4, 0.5) is 4.79 Å². The van der Waals surface area contributed by atoms with Crippen LogP contribution in [0, 0.1) is 0 Å². The third kappa shape index (κ3) is 16.6. The Labute approximate surface area is 174 Å². The summed E-state index contributed by atoms with van der Waals surface area (Å²) in [5, 5.41) is 8.82. The number of carbonyl (C=O) groups is 1. The first-order valence-corrected chi connectivity index (χ1v) is 10.2. The van der Waals surface area contributed by atoms with Gasteiger partial charge in [0, 0.05) is 32.7 Å². The molecule has 0 aliphatic carbocycles. The molecule has 0 atom stereocenters. The highest BCUT2D eigenvalue weighted by molar-refractivity contribution is 14.0. The number of carbonyl (C=O) groups excluding carboxylic acids is 1. The van der Waals surface area contributed by atoms with Gasteiger partial charge in [0.25, 0.3) is 0 Å². The number of sulfonamides is 1. The highest BCUT2D eigenvalue weighted by Crippen LogP contribution is 2.05. The van der Waals surface area contributed by atoms with Crippen molar-refractivity contribution in [2.75, 3.05) is 38.5 Å². The fourth-order valence-corrected chi connectivity index (χ4v) is 2.26. The van der Waals surface area contributed by atoms with Crippen molar-refractivity contribution < 1.29 is 17.9 Å². The van der Waals surface area contributed by atoms with E-state index in [9.17, 15) is 13.2 Å². The average Bonchev–Trinajstić information content (AvgIpc) is 2.49. The van der Waals surface area contributed by atoms with Crippen LogP contribution < -0.4 is 20.7 Å². The van der Waals surface area contributed by atoms with Crippen molar-refractivity contribution in [2.24, 2.45) is 4.99 Å². The molecule has 9 nitrogen and oxygen atoms in total. The molecule has 11 heteroatoms. The summed E-state index contributed by atoms with van der Waals surface area (Å²) in [6, 6.07) is 0. The van der Waals surface area contributed by atoms with E-state index in [2.05, 4.69) is 25.7 Å². The fourth-order valence-electron chi connectivity index (χ4n) is 1.60. The van der Waals surface area contributed by atoms with Crippen LogP contribution in [0.25, 0.3) is 0 Å². The highest BCUT2D eigenvalue weighted by Gasteiger charge is 2.15. The average molecular weight is 507 g/mol. The first-order valence-electron chi connectivity index (χ1n) is 8.56. The van der Waals surface area contributed by atoms with Crippen molar-refractivity contribution in [3.8, 4) is 0 Å². The maximum atomic E-state index is 11.5. The van der Waals surface area contributed by atoms with Gasteiger partial charge in [-0.2, -0.15) is 0 Å². The Bertz CT molecular complexity index is 521. The topological polar surface area (TPSA) is 121 Å². The first-order chi connectivity index (χ1) is 11.6. The Hall–Kier alpha value is -0.820. The second kappa shape index (κ2) is 14.3. The zero-order chi connectivity index (χ0) is 19.3. The quantitative estimate of drug-likeness (QED) is 0.152. The summed E-state index contributed by atoms with van der Waals surface area (Å²) in [5.74, 6) is 0.692. The van der Waals surface area contributed by atoms with Crippen LogP contribution in [0.2, 0.25) is 0 Å². The molecule has 156 valence electrons. The molecule has 0 radical (unpaired) electrons. The van der Waals surface area contributed by atoms with Gasteiger partial charge in [-0.3, -0.25) is 4.99 Å². The van der Waals surface area contributed by atoms with E-state index in [0.29, 0.717) is 45.1 Å². The molecule has 0 spiro atoms. The SMILES string of the molecule is CCNC(=NCCCNS(=O)(=O)CC)NCCNC(=O)OC(C)(C)C.I. The van der Waals surface area contributed by atoms with Crippen molar-refractivity contribution >= 4 is 46.1 Å². The number of nitrogens with zero attached hydrogens (tertiary/aromatic N) is 1.